The number of benzene rings is 1. The minimum atomic E-state index is -0.980. The highest BCUT2D eigenvalue weighted by atomic mass is 16.4. The van der Waals surface area contributed by atoms with E-state index in [1.165, 1.54) is 0 Å². The summed E-state index contributed by atoms with van der Waals surface area (Å²) in [5.74, 6) is -1.16. The number of hydrogen-bond donors (Lipinski definition) is 2. The summed E-state index contributed by atoms with van der Waals surface area (Å²) in [6.45, 7) is 0. The SMILES string of the molecule is O=C1Nc2ccccc2C1=Cc1cc(C(=O)O)c2cccccc1-2. The van der Waals surface area contributed by atoms with Crippen molar-refractivity contribution in [2.24, 2.45) is 0 Å². The lowest BCUT2D eigenvalue weighted by Gasteiger charge is -1.99. The third-order valence-electron chi connectivity index (χ3n) is 4.18. The number of carboxylic acid groups (broad SMARTS) is 1. The molecule has 0 bridgehead atoms. The van der Waals surface area contributed by atoms with E-state index in [4.69, 9.17) is 0 Å². The highest BCUT2D eigenvalue weighted by Crippen LogP contribution is 2.37. The van der Waals surface area contributed by atoms with Crippen molar-refractivity contribution in [3.05, 3.63) is 77.4 Å². The molecule has 1 aromatic rings. The van der Waals surface area contributed by atoms with Crippen LogP contribution in [0.5, 0.6) is 0 Å². The number of rotatable bonds is 2. The predicted octanol–water partition coefficient (Wildman–Crippen LogP) is 3.98. The van der Waals surface area contributed by atoms with E-state index < -0.39 is 5.97 Å². The van der Waals surface area contributed by atoms with Crippen LogP contribution in [0.2, 0.25) is 0 Å². The fraction of sp³-hybridized carbons (Fsp3) is 0. The summed E-state index contributed by atoms with van der Waals surface area (Å²) in [5.41, 5.74) is 4.57. The molecule has 4 rings (SSSR count). The molecule has 0 saturated carbocycles. The summed E-state index contributed by atoms with van der Waals surface area (Å²) in [6.07, 6.45) is 1.76. The molecule has 116 valence electrons. The highest BCUT2D eigenvalue weighted by molar-refractivity contribution is 6.35. The lowest BCUT2D eigenvalue weighted by atomic mass is 10.0. The fourth-order valence-corrected chi connectivity index (χ4v) is 3.08. The van der Waals surface area contributed by atoms with Crippen LogP contribution in [0, 0.1) is 0 Å². The van der Waals surface area contributed by atoms with Gasteiger partial charge in [-0.3, -0.25) is 4.79 Å². The van der Waals surface area contributed by atoms with Crippen LogP contribution in [0.4, 0.5) is 5.69 Å². The van der Waals surface area contributed by atoms with Crippen molar-refractivity contribution in [2.45, 2.75) is 0 Å². The number of carbonyl (C=O) groups excluding carboxylic acids is 1. The molecule has 4 nitrogen and oxygen atoms in total. The largest absolute Gasteiger partial charge is 0.478 e. The van der Waals surface area contributed by atoms with Crippen LogP contribution in [-0.2, 0) is 4.79 Å². The van der Waals surface area contributed by atoms with Crippen LogP contribution >= 0.6 is 0 Å². The molecular formula is C20H13NO3. The number of hydrogen-bond acceptors (Lipinski definition) is 2. The van der Waals surface area contributed by atoms with Gasteiger partial charge < -0.3 is 10.4 Å². The Morgan fingerprint density at radius 3 is 2.38 bits per heavy atom. The predicted molar refractivity (Wildman–Crippen MR) is 93.0 cm³/mol. The third kappa shape index (κ3) is 2.16. The maximum Gasteiger partial charge on any atom is 0.336 e. The lowest BCUT2D eigenvalue weighted by molar-refractivity contribution is -0.110. The first-order valence-electron chi connectivity index (χ1n) is 7.52. The van der Waals surface area contributed by atoms with Crippen molar-refractivity contribution in [3.8, 4) is 11.1 Å². The van der Waals surface area contributed by atoms with E-state index in [9.17, 15) is 14.7 Å². The normalized spacial score (nSPS) is 14.7. The Kier molecular flexibility index (Phi) is 3.17. The Morgan fingerprint density at radius 1 is 0.917 bits per heavy atom. The number of aromatic carboxylic acids is 1. The van der Waals surface area contributed by atoms with Crippen LogP contribution < -0.4 is 5.32 Å². The van der Waals surface area contributed by atoms with E-state index in [1.807, 2.05) is 48.5 Å². The van der Waals surface area contributed by atoms with Gasteiger partial charge in [-0.05, 0) is 34.9 Å². The molecule has 3 aliphatic rings. The Hall–Kier alpha value is -3.40. The number of nitrogens with one attached hydrogen (secondary N) is 1. The molecule has 0 spiro atoms. The zero-order valence-electron chi connectivity index (χ0n) is 12.6. The number of anilines is 1. The van der Waals surface area contributed by atoms with E-state index in [2.05, 4.69) is 5.32 Å². The second-order valence-corrected chi connectivity index (χ2v) is 5.61. The Bertz CT molecular complexity index is 988. The van der Waals surface area contributed by atoms with Crippen LogP contribution in [0.1, 0.15) is 21.5 Å². The second-order valence-electron chi connectivity index (χ2n) is 5.61. The summed E-state index contributed by atoms with van der Waals surface area (Å²) in [4.78, 5) is 23.8. The van der Waals surface area contributed by atoms with Crippen molar-refractivity contribution in [3.63, 3.8) is 0 Å². The van der Waals surface area contributed by atoms with Gasteiger partial charge in [0, 0.05) is 16.8 Å². The average molecular weight is 315 g/mol. The van der Waals surface area contributed by atoms with E-state index in [0.29, 0.717) is 11.1 Å². The van der Waals surface area contributed by atoms with Crippen molar-refractivity contribution in [1.82, 2.24) is 0 Å². The quantitative estimate of drug-likeness (QED) is 0.703. The van der Waals surface area contributed by atoms with Gasteiger partial charge in [-0.15, -0.1) is 0 Å². The maximum atomic E-state index is 12.3. The molecule has 4 heteroatoms. The van der Waals surface area contributed by atoms with Gasteiger partial charge in [0.2, 0.25) is 0 Å². The van der Waals surface area contributed by atoms with Crippen molar-refractivity contribution in [1.29, 1.82) is 0 Å². The summed E-state index contributed by atoms with van der Waals surface area (Å²) in [5, 5.41) is 12.3. The first-order chi connectivity index (χ1) is 11.6. The lowest BCUT2D eigenvalue weighted by Crippen LogP contribution is -2.03. The second kappa shape index (κ2) is 5.35. The van der Waals surface area contributed by atoms with Gasteiger partial charge in [-0.25, -0.2) is 4.79 Å². The van der Waals surface area contributed by atoms with Crippen LogP contribution in [0.15, 0.2) is 60.7 Å². The molecule has 24 heavy (non-hydrogen) atoms. The standard InChI is InChI=1S/C20H13NO3/c22-19-16(15-8-4-5-9-18(15)21-19)10-12-11-17(20(23)24)14-7-3-1-2-6-13(12)14/h1-11H,(H,21,22)(H,23,24). The molecule has 0 radical (unpaired) electrons. The Labute approximate surface area is 138 Å². The minimum absolute atomic E-state index is 0.178. The topological polar surface area (TPSA) is 66.4 Å². The smallest absolute Gasteiger partial charge is 0.336 e. The molecule has 0 saturated heterocycles. The molecule has 2 N–H and O–H groups in total. The third-order valence-corrected chi connectivity index (χ3v) is 4.18. The molecule has 0 unspecified atom stereocenters. The molecule has 1 amide bonds. The first-order valence-corrected chi connectivity index (χ1v) is 7.52. The Balaban J connectivity index is 1.93. The van der Waals surface area contributed by atoms with Gasteiger partial charge in [0.25, 0.3) is 5.91 Å². The summed E-state index contributed by atoms with van der Waals surface area (Å²) in [6, 6.07) is 18.2. The number of para-hydroxylation sites is 1. The van der Waals surface area contributed by atoms with E-state index in [-0.39, 0.29) is 11.5 Å². The molecule has 0 atom stereocenters. The van der Waals surface area contributed by atoms with Gasteiger partial charge >= 0.3 is 5.97 Å². The minimum Gasteiger partial charge on any atom is -0.478 e. The van der Waals surface area contributed by atoms with Gasteiger partial charge in [0.1, 0.15) is 0 Å². The number of amides is 1. The molecule has 1 aliphatic heterocycles. The molecule has 0 aromatic heterocycles. The maximum absolute atomic E-state index is 12.3. The van der Waals surface area contributed by atoms with Gasteiger partial charge in [-0.1, -0.05) is 48.5 Å². The number of fused-ring (bicyclic) bond motifs is 2. The average Bonchev–Trinajstić information content (AvgIpc) is 2.95. The number of carboxylic acids is 1. The van der Waals surface area contributed by atoms with Crippen molar-refractivity contribution < 1.29 is 14.7 Å². The van der Waals surface area contributed by atoms with Gasteiger partial charge in [-0.2, -0.15) is 0 Å². The van der Waals surface area contributed by atoms with Crippen molar-refractivity contribution in [2.75, 3.05) is 5.32 Å². The molecule has 0 fully saturated rings. The molecular weight excluding hydrogens is 302 g/mol. The summed E-state index contributed by atoms with van der Waals surface area (Å²) >= 11 is 0. The van der Waals surface area contributed by atoms with E-state index in [1.54, 1.807) is 18.2 Å². The first kappa shape index (κ1) is 14.2. The zero-order chi connectivity index (χ0) is 16.7. The van der Waals surface area contributed by atoms with Crippen molar-refractivity contribution >= 4 is 29.2 Å². The van der Waals surface area contributed by atoms with Crippen LogP contribution in [0.3, 0.4) is 0 Å². The summed E-state index contributed by atoms with van der Waals surface area (Å²) in [7, 11) is 0. The molecule has 1 heterocycles. The highest BCUT2D eigenvalue weighted by Gasteiger charge is 2.25. The zero-order valence-corrected chi connectivity index (χ0v) is 12.6. The number of carbonyl (C=O) groups is 2. The Morgan fingerprint density at radius 2 is 1.58 bits per heavy atom. The van der Waals surface area contributed by atoms with Crippen LogP contribution in [0.25, 0.3) is 22.8 Å². The molecule has 1 aromatic carbocycles. The summed E-state index contributed by atoms with van der Waals surface area (Å²) < 4.78 is 0. The van der Waals surface area contributed by atoms with Gasteiger partial charge in [0.05, 0.1) is 5.56 Å². The monoisotopic (exact) mass is 315 g/mol. The fourth-order valence-electron chi connectivity index (χ4n) is 3.08. The van der Waals surface area contributed by atoms with Crippen LogP contribution in [-0.4, -0.2) is 17.0 Å². The van der Waals surface area contributed by atoms with E-state index in [0.717, 1.165) is 22.4 Å². The van der Waals surface area contributed by atoms with Gasteiger partial charge in [0.15, 0.2) is 0 Å². The van der Waals surface area contributed by atoms with E-state index >= 15 is 0 Å². The molecule has 2 aliphatic carbocycles.